The van der Waals surface area contributed by atoms with Crippen LogP contribution < -0.4 is 10.2 Å². The molecule has 2 aliphatic rings. The van der Waals surface area contributed by atoms with Gasteiger partial charge in [-0.3, -0.25) is 14.5 Å². The van der Waals surface area contributed by atoms with Crippen LogP contribution in [0.4, 0.5) is 23.2 Å². The van der Waals surface area contributed by atoms with Gasteiger partial charge in [-0.2, -0.15) is 13.2 Å². The lowest BCUT2D eigenvalue weighted by molar-refractivity contribution is -0.171. The van der Waals surface area contributed by atoms with Crippen molar-refractivity contribution in [2.24, 2.45) is 5.41 Å². The second kappa shape index (κ2) is 10.0. The van der Waals surface area contributed by atoms with E-state index in [-0.39, 0.29) is 29.9 Å². The number of halogens is 4. The van der Waals surface area contributed by atoms with Crippen LogP contribution in [0.15, 0.2) is 66.7 Å². The molecule has 0 unspecified atom stereocenters. The summed E-state index contributed by atoms with van der Waals surface area (Å²) in [5.74, 6) is -2.38. The van der Waals surface area contributed by atoms with Crippen LogP contribution in [0.25, 0.3) is 10.8 Å². The van der Waals surface area contributed by atoms with Crippen molar-refractivity contribution in [1.29, 1.82) is 0 Å². The molecule has 0 aliphatic carbocycles. The lowest BCUT2D eigenvalue weighted by Crippen LogP contribution is -2.53. The number of anilines is 1. The number of nitrogens with one attached hydrogen (secondary N) is 1. The first-order chi connectivity index (χ1) is 18.1. The first-order valence-electron chi connectivity index (χ1n) is 12.7. The molecular weight excluding hydrogens is 498 g/mol. The maximum absolute atomic E-state index is 13.7. The van der Waals surface area contributed by atoms with Crippen molar-refractivity contribution in [1.82, 2.24) is 10.2 Å². The Labute approximate surface area is 218 Å². The van der Waals surface area contributed by atoms with Gasteiger partial charge >= 0.3 is 12.1 Å². The highest BCUT2D eigenvalue weighted by molar-refractivity contribution is 6.06. The number of fused-ring (bicyclic) bond motifs is 1. The summed E-state index contributed by atoms with van der Waals surface area (Å²) in [6.45, 7) is 3.32. The van der Waals surface area contributed by atoms with Crippen molar-refractivity contribution in [3.8, 4) is 0 Å². The topological polar surface area (TPSA) is 52.7 Å². The molecule has 2 heterocycles. The fourth-order valence-electron chi connectivity index (χ4n) is 6.12. The van der Waals surface area contributed by atoms with Crippen molar-refractivity contribution < 1.29 is 27.2 Å². The molecule has 2 atom stereocenters. The number of piperidine rings is 1. The molecule has 5 nitrogen and oxygen atoms in total. The number of hydrogen-bond donors (Lipinski definition) is 1. The Balaban J connectivity index is 1.36. The predicted molar refractivity (Wildman–Crippen MR) is 137 cm³/mol. The van der Waals surface area contributed by atoms with E-state index in [0.29, 0.717) is 37.9 Å². The van der Waals surface area contributed by atoms with Crippen LogP contribution >= 0.6 is 0 Å². The Morgan fingerprint density at radius 2 is 1.71 bits per heavy atom. The Morgan fingerprint density at radius 3 is 2.39 bits per heavy atom. The van der Waals surface area contributed by atoms with Gasteiger partial charge in [0.05, 0.1) is 11.1 Å². The summed E-state index contributed by atoms with van der Waals surface area (Å²) in [7, 11) is 0. The van der Waals surface area contributed by atoms with Gasteiger partial charge in [-0.25, -0.2) is 4.39 Å². The Hall–Kier alpha value is -3.46. The summed E-state index contributed by atoms with van der Waals surface area (Å²) in [5.41, 5.74) is 0.469. The minimum Gasteiger partial charge on any atom is -0.355 e. The number of amides is 2. The van der Waals surface area contributed by atoms with E-state index in [1.165, 1.54) is 12.1 Å². The van der Waals surface area contributed by atoms with Crippen LogP contribution in [0, 0.1) is 11.2 Å². The Kier molecular flexibility index (Phi) is 6.90. The van der Waals surface area contributed by atoms with Gasteiger partial charge in [0, 0.05) is 30.4 Å². The quantitative estimate of drug-likeness (QED) is 0.461. The van der Waals surface area contributed by atoms with E-state index >= 15 is 0 Å². The SMILES string of the molecule is C[C@@H](CN1CCC2(CC1)C(=O)NC[C@H]2c1ccc(F)cc1)N(C(=O)C(F)(F)F)c1cccc2ccccc12. The highest BCUT2D eigenvalue weighted by Gasteiger charge is 2.52. The van der Waals surface area contributed by atoms with Crippen LogP contribution in [-0.4, -0.2) is 55.1 Å². The van der Waals surface area contributed by atoms with E-state index in [1.807, 2.05) is 4.90 Å². The molecule has 200 valence electrons. The Bertz CT molecular complexity index is 1330. The van der Waals surface area contributed by atoms with Gasteiger partial charge in [0.15, 0.2) is 0 Å². The lowest BCUT2D eigenvalue weighted by atomic mass is 9.68. The number of carbonyl (C=O) groups excluding carboxylic acids is 2. The smallest absolute Gasteiger partial charge is 0.355 e. The molecule has 38 heavy (non-hydrogen) atoms. The fraction of sp³-hybridized carbons (Fsp3) is 0.379. The average Bonchev–Trinajstić information content (AvgIpc) is 3.21. The standard InChI is InChI=1S/C29H29F4N3O2/c1-19(36(27(38)29(31,32)33)25-8-4-6-20-5-2-3-7-23(20)25)18-35-15-13-28(14-16-35)24(17-34-26(28)37)21-9-11-22(30)12-10-21/h2-12,19,24H,13-18H2,1H3,(H,34,37)/t19-,24-/m0/s1. The molecule has 0 radical (unpaired) electrons. The summed E-state index contributed by atoms with van der Waals surface area (Å²) < 4.78 is 54.6. The zero-order valence-electron chi connectivity index (χ0n) is 21.0. The van der Waals surface area contributed by atoms with E-state index in [0.717, 1.165) is 15.8 Å². The summed E-state index contributed by atoms with van der Waals surface area (Å²) in [5, 5.41) is 4.28. The third-order valence-corrected chi connectivity index (χ3v) is 8.06. The second-order valence-corrected chi connectivity index (χ2v) is 10.3. The number of carbonyl (C=O) groups is 2. The molecule has 5 rings (SSSR count). The first kappa shape index (κ1) is 26.2. The molecule has 2 aliphatic heterocycles. The molecule has 2 saturated heterocycles. The van der Waals surface area contributed by atoms with E-state index in [1.54, 1.807) is 61.5 Å². The van der Waals surface area contributed by atoms with E-state index in [9.17, 15) is 27.2 Å². The van der Waals surface area contributed by atoms with Crippen molar-refractivity contribution >= 4 is 28.3 Å². The van der Waals surface area contributed by atoms with Crippen molar-refractivity contribution in [3.63, 3.8) is 0 Å². The summed E-state index contributed by atoms with van der Waals surface area (Å²) >= 11 is 0. The first-order valence-corrected chi connectivity index (χ1v) is 12.7. The van der Waals surface area contributed by atoms with Gasteiger partial charge in [0.25, 0.3) is 0 Å². The molecule has 2 amide bonds. The summed E-state index contributed by atoms with van der Waals surface area (Å²) in [6.07, 6.45) is -3.98. The Morgan fingerprint density at radius 1 is 1.05 bits per heavy atom. The van der Waals surface area contributed by atoms with E-state index in [2.05, 4.69) is 5.32 Å². The second-order valence-electron chi connectivity index (χ2n) is 10.3. The molecule has 2 fully saturated rings. The largest absolute Gasteiger partial charge is 0.471 e. The molecule has 0 bridgehead atoms. The van der Waals surface area contributed by atoms with Gasteiger partial charge in [-0.05, 0) is 62.0 Å². The van der Waals surface area contributed by atoms with Gasteiger partial charge in [0.2, 0.25) is 5.91 Å². The van der Waals surface area contributed by atoms with Crippen molar-refractivity contribution in [2.45, 2.75) is 37.9 Å². The summed E-state index contributed by atoms with van der Waals surface area (Å²) in [4.78, 5) is 28.5. The minimum atomic E-state index is -5.03. The number of hydrogen-bond acceptors (Lipinski definition) is 3. The zero-order chi connectivity index (χ0) is 27.1. The van der Waals surface area contributed by atoms with Crippen LogP contribution in [0.5, 0.6) is 0 Å². The number of nitrogens with zero attached hydrogens (tertiary/aromatic N) is 2. The zero-order valence-corrected chi connectivity index (χ0v) is 21.0. The van der Waals surface area contributed by atoms with Gasteiger partial charge in [-0.15, -0.1) is 0 Å². The normalized spacial score (nSPS) is 20.4. The van der Waals surface area contributed by atoms with Gasteiger partial charge in [-0.1, -0.05) is 48.5 Å². The molecule has 1 spiro atoms. The minimum absolute atomic E-state index is 0.0378. The molecule has 1 N–H and O–H groups in total. The van der Waals surface area contributed by atoms with Crippen LogP contribution in [-0.2, 0) is 9.59 Å². The van der Waals surface area contributed by atoms with E-state index < -0.39 is 23.5 Å². The van der Waals surface area contributed by atoms with Crippen LogP contribution in [0.1, 0.15) is 31.2 Å². The van der Waals surface area contributed by atoms with Crippen molar-refractivity contribution in [3.05, 3.63) is 78.1 Å². The third-order valence-electron chi connectivity index (χ3n) is 8.06. The third kappa shape index (κ3) is 4.75. The van der Waals surface area contributed by atoms with Crippen molar-refractivity contribution in [2.75, 3.05) is 31.1 Å². The van der Waals surface area contributed by atoms with E-state index in [4.69, 9.17) is 0 Å². The molecular formula is C29H29F4N3O2. The van der Waals surface area contributed by atoms with Gasteiger partial charge in [0.1, 0.15) is 5.82 Å². The van der Waals surface area contributed by atoms with Crippen LogP contribution in [0.3, 0.4) is 0 Å². The molecule has 9 heteroatoms. The monoisotopic (exact) mass is 527 g/mol. The lowest BCUT2D eigenvalue weighted by Gasteiger charge is -2.43. The number of alkyl halides is 3. The van der Waals surface area contributed by atoms with Crippen LogP contribution in [0.2, 0.25) is 0 Å². The highest BCUT2D eigenvalue weighted by atomic mass is 19.4. The number of likely N-dealkylation sites (tertiary alicyclic amines) is 1. The number of rotatable bonds is 5. The highest BCUT2D eigenvalue weighted by Crippen LogP contribution is 2.47. The number of benzene rings is 3. The predicted octanol–water partition coefficient (Wildman–Crippen LogP) is 5.26. The molecule has 0 aromatic heterocycles. The summed E-state index contributed by atoms with van der Waals surface area (Å²) in [6, 6.07) is 17.5. The maximum atomic E-state index is 13.7. The molecule has 0 saturated carbocycles. The maximum Gasteiger partial charge on any atom is 0.471 e. The molecule has 3 aromatic carbocycles. The molecule has 3 aromatic rings. The van der Waals surface area contributed by atoms with Gasteiger partial charge < -0.3 is 10.2 Å². The average molecular weight is 528 g/mol. The fourth-order valence-corrected chi connectivity index (χ4v) is 6.12.